The maximum atomic E-state index is 12.5. The molecule has 0 saturated heterocycles. The first-order valence-corrected chi connectivity index (χ1v) is 10.9. The summed E-state index contributed by atoms with van der Waals surface area (Å²) in [5.41, 5.74) is -1.33. The molecule has 28 heavy (non-hydrogen) atoms. The van der Waals surface area contributed by atoms with E-state index in [0.29, 0.717) is 16.2 Å². The van der Waals surface area contributed by atoms with Crippen molar-refractivity contribution in [3.05, 3.63) is 34.4 Å². The van der Waals surface area contributed by atoms with Gasteiger partial charge in [-0.25, -0.2) is 0 Å². The van der Waals surface area contributed by atoms with Crippen LogP contribution in [0.3, 0.4) is 0 Å². The Morgan fingerprint density at radius 2 is 1.68 bits per heavy atom. The Hall–Kier alpha value is -2.12. The van der Waals surface area contributed by atoms with Crippen LogP contribution in [0.25, 0.3) is 0 Å². The van der Waals surface area contributed by atoms with Crippen molar-refractivity contribution < 1.29 is 24.0 Å². The molecule has 0 bridgehead atoms. The maximum absolute atomic E-state index is 12.5. The van der Waals surface area contributed by atoms with Gasteiger partial charge in [0.15, 0.2) is 0 Å². The Morgan fingerprint density at radius 1 is 1.11 bits per heavy atom. The van der Waals surface area contributed by atoms with Crippen molar-refractivity contribution in [2.75, 3.05) is 0 Å². The summed E-state index contributed by atoms with van der Waals surface area (Å²) >= 11 is -0.237. The fraction of sp³-hybridized carbons (Fsp3) is 0.579. The van der Waals surface area contributed by atoms with Crippen LogP contribution in [0, 0.1) is 10.1 Å². The average molecular weight is 459 g/mol. The van der Waals surface area contributed by atoms with E-state index in [1.54, 1.807) is 59.7 Å². The summed E-state index contributed by atoms with van der Waals surface area (Å²) in [7, 11) is 0. The van der Waals surface area contributed by atoms with Crippen LogP contribution in [-0.2, 0) is 14.3 Å². The van der Waals surface area contributed by atoms with Crippen molar-refractivity contribution in [1.82, 2.24) is 5.32 Å². The second kappa shape index (κ2) is 9.89. The standard InChI is InChI=1S/C19H28N2O6Se/c1-18(2,3)26-16(22)13(20-17(23)27-19(4,5)6)11-12-28-15-10-8-7-9-14(15)21(24)25/h7-10,13H,11-12H2,1-6H3,(H,20,23)/t13-/m0/s1. The van der Waals surface area contributed by atoms with Crippen molar-refractivity contribution in [3.8, 4) is 0 Å². The molecule has 1 atom stereocenters. The van der Waals surface area contributed by atoms with Gasteiger partial charge in [-0.05, 0) is 0 Å². The third-order valence-electron chi connectivity index (χ3n) is 3.11. The summed E-state index contributed by atoms with van der Waals surface area (Å²) in [6.07, 6.45) is -0.415. The number of ether oxygens (including phenoxy) is 2. The summed E-state index contributed by atoms with van der Waals surface area (Å²) in [4.78, 5) is 35.3. The van der Waals surface area contributed by atoms with Gasteiger partial charge in [-0.2, -0.15) is 0 Å². The van der Waals surface area contributed by atoms with Gasteiger partial charge >= 0.3 is 171 Å². The number of hydrogen-bond acceptors (Lipinski definition) is 6. The molecule has 1 aromatic rings. The topological polar surface area (TPSA) is 108 Å². The number of esters is 1. The molecule has 0 heterocycles. The predicted molar refractivity (Wildman–Crippen MR) is 107 cm³/mol. The van der Waals surface area contributed by atoms with Gasteiger partial charge in [0.1, 0.15) is 0 Å². The van der Waals surface area contributed by atoms with Gasteiger partial charge in [-0.1, -0.05) is 0 Å². The molecule has 0 fully saturated rings. The Labute approximate surface area is 171 Å². The normalized spacial score (nSPS) is 12.8. The van der Waals surface area contributed by atoms with E-state index >= 15 is 0 Å². The Bertz CT molecular complexity index is 709. The SMILES string of the molecule is CC(C)(C)OC(=O)N[C@@H](CC[Se]c1ccccc1[N+](=O)[O-])C(=O)OC(C)(C)C. The number of carbonyl (C=O) groups excluding carboxylic acids is 2. The second-order valence-corrected chi connectivity index (χ2v) is 10.5. The van der Waals surface area contributed by atoms with Crippen LogP contribution in [0.2, 0.25) is 5.32 Å². The van der Waals surface area contributed by atoms with Crippen LogP contribution in [0.15, 0.2) is 24.3 Å². The van der Waals surface area contributed by atoms with Crippen LogP contribution in [0.5, 0.6) is 0 Å². The number of rotatable bonds is 7. The van der Waals surface area contributed by atoms with Gasteiger partial charge in [0.25, 0.3) is 0 Å². The van der Waals surface area contributed by atoms with E-state index in [4.69, 9.17) is 9.47 Å². The number of nitrogens with zero attached hydrogens (tertiary/aromatic N) is 1. The van der Waals surface area contributed by atoms with Gasteiger partial charge in [0, 0.05) is 0 Å². The van der Waals surface area contributed by atoms with Crippen LogP contribution < -0.4 is 9.78 Å². The number of amides is 1. The summed E-state index contributed by atoms with van der Waals surface area (Å²) in [6.45, 7) is 10.4. The van der Waals surface area contributed by atoms with E-state index in [9.17, 15) is 19.7 Å². The number of nitro groups is 1. The predicted octanol–water partition coefficient (Wildman–Crippen LogP) is 2.97. The molecule has 1 aromatic carbocycles. The summed E-state index contributed by atoms with van der Waals surface area (Å²) < 4.78 is 11.2. The van der Waals surface area contributed by atoms with Gasteiger partial charge in [-0.3, -0.25) is 0 Å². The molecule has 0 radical (unpaired) electrons. The molecule has 0 aliphatic carbocycles. The van der Waals surface area contributed by atoms with E-state index in [1.807, 2.05) is 0 Å². The second-order valence-electron chi connectivity index (χ2n) is 8.09. The molecule has 0 aliphatic rings. The first-order chi connectivity index (χ1) is 12.8. The quantitative estimate of drug-likeness (QED) is 0.291. The fourth-order valence-electron chi connectivity index (χ4n) is 2.09. The first kappa shape index (κ1) is 23.9. The number of para-hydroxylation sites is 1. The molecule has 0 aliphatic heterocycles. The van der Waals surface area contributed by atoms with Crippen molar-refractivity contribution in [3.63, 3.8) is 0 Å². The monoisotopic (exact) mass is 460 g/mol. The van der Waals surface area contributed by atoms with Gasteiger partial charge in [0.2, 0.25) is 0 Å². The van der Waals surface area contributed by atoms with E-state index in [1.165, 1.54) is 6.07 Å². The molecule has 1 rings (SSSR count). The molecule has 0 unspecified atom stereocenters. The van der Waals surface area contributed by atoms with Crippen molar-refractivity contribution in [2.45, 2.75) is 70.5 Å². The molecule has 0 aromatic heterocycles. The third kappa shape index (κ3) is 9.19. The van der Waals surface area contributed by atoms with E-state index in [0.717, 1.165) is 0 Å². The Morgan fingerprint density at radius 3 is 2.21 bits per heavy atom. The minimum atomic E-state index is -0.890. The summed E-state index contributed by atoms with van der Waals surface area (Å²) in [6, 6.07) is 5.64. The molecular formula is C19H28N2O6Se. The number of carbonyl (C=O) groups is 2. The molecule has 0 spiro atoms. The van der Waals surface area contributed by atoms with Crippen molar-refractivity contribution in [2.24, 2.45) is 0 Å². The molecule has 1 N–H and O–H groups in total. The molecule has 156 valence electrons. The van der Waals surface area contributed by atoms with Gasteiger partial charge in [-0.15, -0.1) is 0 Å². The number of nitrogens with one attached hydrogen (secondary N) is 1. The number of hydrogen-bond donors (Lipinski definition) is 1. The zero-order valence-corrected chi connectivity index (χ0v) is 18.8. The molecular weight excluding hydrogens is 431 g/mol. The van der Waals surface area contributed by atoms with Crippen molar-refractivity contribution >= 4 is 37.2 Å². The number of benzene rings is 1. The zero-order valence-electron chi connectivity index (χ0n) is 17.1. The number of alkyl carbamates (subject to hydrolysis) is 1. The van der Waals surface area contributed by atoms with Crippen LogP contribution in [-0.4, -0.2) is 49.2 Å². The first-order valence-electron chi connectivity index (χ1n) is 8.87. The molecule has 9 heteroatoms. The van der Waals surface area contributed by atoms with Crippen LogP contribution in [0.1, 0.15) is 48.0 Å². The zero-order chi connectivity index (χ0) is 21.5. The third-order valence-corrected chi connectivity index (χ3v) is 5.41. The van der Waals surface area contributed by atoms with Gasteiger partial charge < -0.3 is 0 Å². The molecule has 0 saturated carbocycles. The Kier molecular flexibility index (Phi) is 8.45. The Balaban J connectivity index is 2.81. The molecule has 8 nitrogen and oxygen atoms in total. The minimum absolute atomic E-state index is 0.0661. The van der Waals surface area contributed by atoms with E-state index < -0.39 is 34.2 Å². The van der Waals surface area contributed by atoms with Crippen LogP contribution in [0.4, 0.5) is 10.5 Å². The van der Waals surface area contributed by atoms with Gasteiger partial charge in [0.05, 0.1) is 0 Å². The van der Waals surface area contributed by atoms with Crippen molar-refractivity contribution in [1.29, 1.82) is 0 Å². The van der Waals surface area contributed by atoms with Crippen LogP contribution >= 0.6 is 0 Å². The van der Waals surface area contributed by atoms with E-state index in [-0.39, 0.29) is 20.6 Å². The summed E-state index contributed by atoms with van der Waals surface area (Å²) in [5, 5.41) is 14.2. The number of nitro benzene ring substituents is 1. The average Bonchev–Trinajstić information content (AvgIpc) is 2.50. The van der Waals surface area contributed by atoms with E-state index in [2.05, 4.69) is 5.32 Å². The molecule has 1 amide bonds. The fourth-order valence-corrected chi connectivity index (χ4v) is 4.27. The summed E-state index contributed by atoms with van der Waals surface area (Å²) in [5.74, 6) is -0.559.